The van der Waals surface area contributed by atoms with E-state index in [-0.39, 0.29) is 11.8 Å². The second-order valence-electron chi connectivity index (χ2n) is 3.96. The standard InChI is InChI=1S/C11H16N2OS/c1-13(8-10-3-2-6-15-10)11(14)9-4-5-12-7-9/h2-3,6,9,12H,4-5,7-8H2,1H3. The van der Waals surface area contributed by atoms with Gasteiger partial charge in [0.2, 0.25) is 5.91 Å². The first-order valence-corrected chi connectivity index (χ1v) is 6.13. The van der Waals surface area contributed by atoms with Gasteiger partial charge in [0, 0.05) is 18.5 Å². The number of hydrogen-bond donors (Lipinski definition) is 1. The van der Waals surface area contributed by atoms with E-state index in [2.05, 4.69) is 11.4 Å². The van der Waals surface area contributed by atoms with Gasteiger partial charge in [-0.15, -0.1) is 11.3 Å². The SMILES string of the molecule is CN(Cc1cccs1)C(=O)C1CCNC1. The Labute approximate surface area is 94.1 Å². The molecule has 2 rings (SSSR count). The molecule has 3 nitrogen and oxygen atoms in total. The molecule has 0 radical (unpaired) electrons. The third-order valence-corrected chi connectivity index (χ3v) is 3.62. The van der Waals surface area contributed by atoms with Gasteiger partial charge in [-0.05, 0) is 24.4 Å². The minimum atomic E-state index is 0.190. The van der Waals surface area contributed by atoms with Crippen molar-refractivity contribution in [2.24, 2.45) is 5.92 Å². The molecule has 15 heavy (non-hydrogen) atoms. The molecular weight excluding hydrogens is 208 g/mol. The Balaban J connectivity index is 1.89. The maximum absolute atomic E-state index is 12.0. The lowest BCUT2D eigenvalue weighted by Crippen LogP contribution is -2.33. The van der Waals surface area contributed by atoms with Crippen LogP contribution in [-0.2, 0) is 11.3 Å². The fourth-order valence-corrected chi connectivity index (χ4v) is 2.65. The second kappa shape index (κ2) is 4.77. The second-order valence-corrected chi connectivity index (χ2v) is 5.00. The lowest BCUT2D eigenvalue weighted by Gasteiger charge is -2.19. The smallest absolute Gasteiger partial charge is 0.227 e. The molecule has 1 unspecified atom stereocenters. The summed E-state index contributed by atoms with van der Waals surface area (Å²) >= 11 is 1.70. The maximum Gasteiger partial charge on any atom is 0.227 e. The molecule has 0 aliphatic carbocycles. The fourth-order valence-electron chi connectivity index (χ4n) is 1.89. The Hall–Kier alpha value is -0.870. The molecule has 82 valence electrons. The molecular formula is C11H16N2OS. The molecule has 1 aliphatic heterocycles. The quantitative estimate of drug-likeness (QED) is 0.839. The van der Waals surface area contributed by atoms with Crippen LogP contribution in [0.15, 0.2) is 17.5 Å². The maximum atomic E-state index is 12.0. The van der Waals surface area contributed by atoms with E-state index in [9.17, 15) is 4.79 Å². The average molecular weight is 224 g/mol. The number of hydrogen-bond acceptors (Lipinski definition) is 3. The summed E-state index contributed by atoms with van der Waals surface area (Å²) in [6.07, 6.45) is 0.980. The number of nitrogens with one attached hydrogen (secondary N) is 1. The Bertz CT molecular complexity index is 317. The zero-order valence-electron chi connectivity index (χ0n) is 8.90. The summed E-state index contributed by atoms with van der Waals surface area (Å²) in [7, 11) is 1.89. The predicted molar refractivity (Wildman–Crippen MR) is 61.8 cm³/mol. The van der Waals surface area contributed by atoms with Crippen molar-refractivity contribution in [2.45, 2.75) is 13.0 Å². The highest BCUT2D eigenvalue weighted by Gasteiger charge is 2.25. The molecule has 1 aromatic rings. The number of carbonyl (C=O) groups excluding carboxylic acids is 1. The summed E-state index contributed by atoms with van der Waals surface area (Å²) in [6.45, 7) is 2.56. The van der Waals surface area contributed by atoms with E-state index < -0.39 is 0 Å². The lowest BCUT2D eigenvalue weighted by molar-refractivity contribution is -0.134. The van der Waals surface area contributed by atoms with Crippen LogP contribution in [0.4, 0.5) is 0 Å². The van der Waals surface area contributed by atoms with Crippen molar-refractivity contribution in [1.29, 1.82) is 0 Å². The van der Waals surface area contributed by atoms with Crippen LogP contribution in [0.3, 0.4) is 0 Å². The van der Waals surface area contributed by atoms with Crippen LogP contribution in [0.2, 0.25) is 0 Å². The topological polar surface area (TPSA) is 32.3 Å². The molecule has 1 aromatic heterocycles. The third kappa shape index (κ3) is 2.58. The first kappa shape index (κ1) is 10.6. The average Bonchev–Trinajstić information content (AvgIpc) is 2.88. The Morgan fingerprint density at radius 3 is 3.20 bits per heavy atom. The van der Waals surface area contributed by atoms with Crippen LogP contribution in [0, 0.1) is 5.92 Å². The minimum Gasteiger partial charge on any atom is -0.340 e. The van der Waals surface area contributed by atoms with Gasteiger partial charge in [0.1, 0.15) is 0 Å². The third-order valence-electron chi connectivity index (χ3n) is 2.76. The first-order valence-electron chi connectivity index (χ1n) is 5.25. The number of carbonyl (C=O) groups is 1. The number of nitrogens with zero attached hydrogens (tertiary/aromatic N) is 1. The van der Waals surface area contributed by atoms with E-state index in [1.807, 2.05) is 23.4 Å². The summed E-state index contributed by atoms with van der Waals surface area (Å²) < 4.78 is 0. The number of thiophene rings is 1. The zero-order valence-corrected chi connectivity index (χ0v) is 9.72. The Kier molecular flexibility index (Phi) is 3.38. The zero-order chi connectivity index (χ0) is 10.7. The van der Waals surface area contributed by atoms with Crippen molar-refractivity contribution in [3.8, 4) is 0 Å². The van der Waals surface area contributed by atoms with E-state index >= 15 is 0 Å². The van der Waals surface area contributed by atoms with Gasteiger partial charge in [0.25, 0.3) is 0 Å². The Morgan fingerprint density at radius 2 is 2.60 bits per heavy atom. The van der Waals surface area contributed by atoms with Crippen LogP contribution in [0.1, 0.15) is 11.3 Å². The molecule has 1 aliphatic rings. The van der Waals surface area contributed by atoms with Gasteiger partial charge in [-0.25, -0.2) is 0 Å². The molecule has 0 aromatic carbocycles. The summed E-state index contributed by atoms with van der Waals surface area (Å²) in [5.74, 6) is 0.461. The van der Waals surface area contributed by atoms with Crippen molar-refractivity contribution in [1.82, 2.24) is 10.2 Å². The highest BCUT2D eigenvalue weighted by molar-refractivity contribution is 7.09. The molecule has 1 saturated heterocycles. The van der Waals surface area contributed by atoms with E-state index in [1.165, 1.54) is 4.88 Å². The first-order chi connectivity index (χ1) is 7.27. The van der Waals surface area contributed by atoms with E-state index in [0.29, 0.717) is 0 Å². The van der Waals surface area contributed by atoms with Crippen molar-refractivity contribution in [3.63, 3.8) is 0 Å². The van der Waals surface area contributed by atoms with Gasteiger partial charge >= 0.3 is 0 Å². The largest absolute Gasteiger partial charge is 0.340 e. The summed E-state index contributed by atoms with van der Waals surface area (Å²) in [5.41, 5.74) is 0. The number of amides is 1. The minimum absolute atomic E-state index is 0.190. The summed E-state index contributed by atoms with van der Waals surface area (Å²) in [4.78, 5) is 15.0. The normalized spacial score (nSPS) is 20.5. The molecule has 1 atom stereocenters. The molecule has 0 spiro atoms. The van der Waals surface area contributed by atoms with Crippen LogP contribution in [0.25, 0.3) is 0 Å². The van der Waals surface area contributed by atoms with Gasteiger partial charge in [-0.3, -0.25) is 4.79 Å². The summed E-state index contributed by atoms with van der Waals surface area (Å²) in [5, 5.41) is 5.27. The van der Waals surface area contributed by atoms with Gasteiger partial charge in [-0.2, -0.15) is 0 Å². The molecule has 1 N–H and O–H groups in total. The van der Waals surface area contributed by atoms with Gasteiger partial charge in [0.05, 0.1) is 12.5 Å². The van der Waals surface area contributed by atoms with Gasteiger partial charge < -0.3 is 10.2 Å². The molecule has 1 amide bonds. The molecule has 2 heterocycles. The molecule has 1 fully saturated rings. The van der Waals surface area contributed by atoms with Crippen LogP contribution in [-0.4, -0.2) is 30.9 Å². The Morgan fingerprint density at radius 1 is 1.73 bits per heavy atom. The monoisotopic (exact) mass is 224 g/mol. The van der Waals surface area contributed by atoms with Crippen molar-refractivity contribution in [2.75, 3.05) is 20.1 Å². The summed E-state index contributed by atoms with van der Waals surface area (Å²) in [6, 6.07) is 4.09. The van der Waals surface area contributed by atoms with Crippen LogP contribution < -0.4 is 5.32 Å². The highest BCUT2D eigenvalue weighted by Crippen LogP contribution is 2.15. The van der Waals surface area contributed by atoms with Crippen molar-refractivity contribution < 1.29 is 4.79 Å². The lowest BCUT2D eigenvalue weighted by atomic mass is 10.1. The van der Waals surface area contributed by atoms with Gasteiger partial charge in [0.15, 0.2) is 0 Å². The molecule has 0 bridgehead atoms. The number of rotatable bonds is 3. The van der Waals surface area contributed by atoms with Crippen LogP contribution >= 0.6 is 11.3 Å². The molecule has 0 saturated carbocycles. The van der Waals surface area contributed by atoms with Gasteiger partial charge in [-0.1, -0.05) is 6.07 Å². The van der Waals surface area contributed by atoms with E-state index in [0.717, 1.165) is 26.1 Å². The van der Waals surface area contributed by atoms with Crippen molar-refractivity contribution in [3.05, 3.63) is 22.4 Å². The molecule has 4 heteroatoms. The highest BCUT2D eigenvalue weighted by atomic mass is 32.1. The van der Waals surface area contributed by atoms with Crippen LogP contribution in [0.5, 0.6) is 0 Å². The fraction of sp³-hybridized carbons (Fsp3) is 0.545. The van der Waals surface area contributed by atoms with E-state index in [4.69, 9.17) is 0 Å². The van der Waals surface area contributed by atoms with Crippen molar-refractivity contribution >= 4 is 17.2 Å². The predicted octanol–water partition coefficient (Wildman–Crippen LogP) is 1.32. The van der Waals surface area contributed by atoms with E-state index in [1.54, 1.807) is 11.3 Å².